The molecule has 116 valence electrons. The van der Waals surface area contributed by atoms with Gasteiger partial charge < -0.3 is 15.6 Å². The Morgan fingerprint density at radius 1 is 1.36 bits per heavy atom. The van der Waals surface area contributed by atoms with Gasteiger partial charge in [0.2, 0.25) is 0 Å². The Bertz CT molecular complexity index is 632. The van der Waals surface area contributed by atoms with E-state index < -0.39 is 0 Å². The molecule has 0 bridgehead atoms. The monoisotopic (exact) mass is 297 g/mol. The van der Waals surface area contributed by atoms with Gasteiger partial charge in [-0.05, 0) is 24.8 Å². The summed E-state index contributed by atoms with van der Waals surface area (Å²) in [6.07, 6.45) is 3.09. The second kappa shape index (κ2) is 6.64. The zero-order valence-electron chi connectivity index (χ0n) is 13.1. The first-order valence-corrected chi connectivity index (χ1v) is 7.90. The number of hydrogen-bond acceptors (Lipinski definition) is 2. The summed E-state index contributed by atoms with van der Waals surface area (Å²) in [5.41, 5.74) is 2.17. The minimum absolute atomic E-state index is 0.545. The van der Waals surface area contributed by atoms with Crippen LogP contribution in [0.3, 0.4) is 0 Å². The molecule has 1 aromatic carbocycles. The second-order valence-electron chi connectivity index (χ2n) is 5.77. The zero-order valence-corrected chi connectivity index (χ0v) is 13.1. The first kappa shape index (κ1) is 14.6. The summed E-state index contributed by atoms with van der Waals surface area (Å²) in [5.74, 6) is 2.49. The SMILES string of the molecule is CCNC(=NCc1ncc(-c2ccccc2)[nH]1)NC1CC1C. The molecule has 0 aliphatic heterocycles. The van der Waals surface area contributed by atoms with E-state index >= 15 is 0 Å². The van der Waals surface area contributed by atoms with Crippen LogP contribution in [0, 0.1) is 5.92 Å². The fourth-order valence-corrected chi connectivity index (χ4v) is 2.38. The summed E-state index contributed by atoms with van der Waals surface area (Å²) in [6.45, 7) is 5.73. The summed E-state index contributed by atoms with van der Waals surface area (Å²) in [5, 5.41) is 6.73. The number of aromatic nitrogens is 2. The van der Waals surface area contributed by atoms with Crippen LogP contribution in [0.15, 0.2) is 41.5 Å². The molecule has 3 N–H and O–H groups in total. The molecule has 1 aliphatic rings. The van der Waals surface area contributed by atoms with E-state index in [4.69, 9.17) is 0 Å². The topological polar surface area (TPSA) is 65.1 Å². The van der Waals surface area contributed by atoms with E-state index in [2.05, 4.69) is 51.6 Å². The number of rotatable bonds is 5. The maximum absolute atomic E-state index is 4.61. The van der Waals surface area contributed by atoms with Crippen LogP contribution in [0.2, 0.25) is 0 Å². The highest BCUT2D eigenvalue weighted by atomic mass is 15.2. The van der Waals surface area contributed by atoms with Crippen LogP contribution in [0.25, 0.3) is 11.3 Å². The third-order valence-corrected chi connectivity index (χ3v) is 3.88. The molecule has 5 nitrogen and oxygen atoms in total. The van der Waals surface area contributed by atoms with E-state index in [9.17, 15) is 0 Å². The number of benzene rings is 1. The van der Waals surface area contributed by atoms with Crippen LogP contribution in [0.4, 0.5) is 0 Å². The van der Waals surface area contributed by atoms with E-state index in [1.54, 1.807) is 0 Å². The number of aromatic amines is 1. The van der Waals surface area contributed by atoms with Gasteiger partial charge >= 0.3 is 0 Å². The van der Waals surface area contributed by atoms with Gasteiger partial charge in [0.05, 0.1) is 11.9 Å². The Kier molecular flexibility index (Phi) is 4.42. The van der Waals surface area contributed by atoms with Crippen molar-refractivity contribution in [2.45, 2.75) is 32.9 Å². The van der Waals surface area contributed by atoms with Crippen LogP contribution in [0.1, 0.15) is 26.1 Å². The summed E-state index contributed by atoms with van der Waals surface area (Å²) in [7, 11) is 0. The fraction of sp³-hybridized carbons (Fsp3) is 0.412. The van der Waals surface area contributed by atoms with Gasteiger partial charge in [0.1, 0.15) is 12.4 Å². The molecule has 5 heteroatoms. The molecule has 0 saturated heterocycles. The van der Waals surface area contributed by atoms with Crippen molar-refractivity contribution in [2.75, 3.05) is 6.54 Å². The van der Waals surface area contributed by atoms with Gasteiger partial charge in [0, 0.05) is 12.6 Å². The maximum Gasteiger partial charge on any atom is 0.191 e. The first-order valence-electron chi connectivity index (χ1n) is 7.90. The molecule has 0 spiro atoms. The first-order chi connectivity index (χ1) is 10.8. The Morgan fingerprint density at radius 3 is 2.82 bits per heavy atom. The predicted molar refractivity (Wildman–Crippen MR) is 89.5 cm³/mol. The molecule has 1 saturated carbocycles. The van der Waals surface area contributed by atoms with E-state index in [0.29, 0.717) is 12.6 Å². The van der Waals surface area contributed by atoms with Crippen molar-refractivity contribution >= 4 is 5.96 Å². The standard InChI is InChI=1S/C17H23N5/c1-3-18-17(22-14-9-12(14)2)20-11-16-19-10-15(21-16)13-7-5-4-6-8-13/h4-8,10,12,14H,3,9,11H2,1-2H3,(H,19,21)(H2,18,20,22). The van der Waals surface area contributed by atoms with E-state index in [0.717, 1.165) is 35.5 Å². The third-order valence-electron chi connectivity index (χ3n) is 3.88. The van der Waals surface area contributed by atoms with Crippen LogP contribution < -0.4 is 10.6 Å². The van der Waals surface area contributed by atoms with Crippen LogP contribution in [0.5, 0.6) is 0 Å². The predicted octanol–water partition coefficient (Wildman–Crippen LogP) is 2.54. The molecular formula is C17H23N5. The van der Waals surface area contributed by atoms with E-state index in [-0.39, 0.29) is 0 Å². The molecule has 2 unspecified atom stereocenters. The second-order valence-corrected chi connectivity index (χ2v) is 5.77. The average Bonchev–Trinajstić information content (AvgIpc) is 3.03. The number of H-pyrrole nitrogens is 1. The minimum Gasteiger partial charge on any atom is -0.357 e. The lowest BCUT2D eigenvalue weighted by Crippen LogP contribution is -2.39. The van der Waals surface area contributed by atoms with Crippen molar-refractivity contribution in [3.63, 3.8) is 0 Å². The molecular weight excluding hydrogens is 274 g/mol. The van der Waals surface area contributed by atoms with Gasteiger partial charge in [0.25, 0.3) is 0 Å². The summed E-state index contributed by atoms with van der Waals surface area (Å²) >= 11 is 0. The van der Waals surface area contributed by atoms with Gasteiger partial charge in [-0.15, -0.1) is 0 Å². The molecule has 1 aliphatic carbocycles. The number of aliphatic imine (C=N–C) groups is 1. The number of guanidine groups is 1. The quantitative estimate of drug-likeness (QED) is 0.587. The Morgan fingerprint density at radius 2 is 2.14 bits per heavy atom. The van der Waals surface area contributed by atoms with Crippen molar-refractivity contribution in [1.29, 1.82) is 0 Å². The summed E-state index contributed by atoms with van der Waals surface area (Å²) in [6, 6.07) is 10.8. The zero-order chi connectivity index (χ0) is 15.4. The minimum atomic E-state index is 0.545. The van der Waals surface area contributed by atoms with E-state index in [1.807, 2.05) is 24.4 Å². The van der Waals surface area contributed by atoms with Crippen LogP contribution in [-0.2, 0) is 6.54 Å². The maximum atomic E-state index is 4.61. The highest BCUT2D eigenvalue weighted by molar-refractivity contribution is 5.80. The summed E-state index contributed by atoms with van der Waals surface area (Å²) in [4.78, 5) is 12.4. The molecule has 22 heavy (non-hydrogen) atoms. The Hall–Kier alpha value is -2.30. The smallest absolute Gasteiger partial charge is 0.191 e. The van der Waals surface area contributed by atoms with Crippen LogP contribution in [-0.4, -0.2) is 28.5 Å². The molecule has 0 amide bonds. The van der Waals surface area contributed by atoms with Gasteiger partial charge in [-0.25, -0.2) is 9.98 Å². The largest absolute Gasteiger partial charge is 0.357 e. The normalized spacial score (nSPS) is 20.7. The molecule has 3 rings (SSSR count). The van der Waals surface area contributed by atoms with Crippen molar-refractivity contribution in [3.8, 4) is 11.3 Å². The van der Waals surface area contributed by atoms with E-state index in [1.165, 1.54) is 6.42 Å². The van der Waals surface area contributed by atoms with Crippen molar-refractivity contribution in [2.24, 2.45) is 10.9 Å². The van der Waals surface area contributed by atoms with Gasteiger partial charge in [-0.2, -0.15) is 0 Å². The van der Waals surface area contributed by atoms with Crippen molar-refractivity contribution in [3.05, 3.63) is 42.4 Å². The Labute approximate surface area is 131 Å². The van der Waals surface area contributed by atoms with Gasteiger partial charge in [-0.3, -0.25) is 0 Å². The van der Waals surface area contributed by atoms with Gasteiger partial charge in [0.15, 0.2) is 5.96 Å². The molecule has 1 aromatic heterocycles. The fourth-order valence-electron chi connectivity index (χ4n) is 2.38. The summed E-state index contributed by atoms with van der Waals surface area (Å²) < 4.78 is 0. The molecule has 2 aromatic rings. The molecule has 0 radical (unpaired) electrons. The molecule has 1 fully saturated rings. The Balaban J connectivity index is 1.64. The van der Waals surface area contributed by atoms with Gasteiger partial charge in [-0.1, -0.05) is 37.3 Å². The van der Waals surface area contributed by atoms with Crippen LogP contribution >= 0.6 is 0 Å². The highest BCUT2D eigenvalue weighted by Gasteiger charge is 2.33. The lowest BCUT2D eigenvalue weighted by Gasteiger charge is -2.10. The van der Waals surface area contributed by atoms with Crippen molar-refractivity contribution < 1.29 is 0 Å². The molecule has 2 atom stereocenters. The third kappa shape index (κ3) is 3.67. The highest BCUT2D eigenvalue weighted by Crippen LogP contribution is 2.28. The molecule has 1 heterocycles. The lowest BCUT2D eigenvalue weighted by atomic mass is 10.2. The number of nitrogens with zero attached hydrogens (tertiary/aromatic N) is 2. The number of imidazole rings is 1. The number of hydrogen-bond donors (Lipinski definition) is 3. The number of nitrogens with one attached hydrogen (secondary N) is 3. The average molecular weight is 297 g/mol. The lowest BCUT2D eigenvalue weighted by molar-refractivity contribution is 0.763. The van der Waals surface area contributed by atoms with Crippen molar-refractivity contribution in [1.82, 2.24) is 20.6 Å².